The zero-order valence-corrected chi connectivity index (χ0v) is 24.4. The van der Waals surface area contributed by atoms with Crippen molar-refractivity contribution >= 4 is 5.91 Å². The van der Waals surface area contributed by atoms with Crippen LogP contribution in [0.1, 0.15) is 130 Å². The number of hydrogen-bond donors (Lipinski definition) is 1. The lowest BCUT2D eigenvalue weighted by Gasteiger charge is -2.39. The van der Waals surface area contributed by atoms with E-state index in [4.69, 9.17) is 0 Å². The van der Waals surface area contributed by atoms with Crippen LogP contribution in [-0.4, -0.2) is 11.4 Å². The summed E-state index contributed by atoms with van der Waals surface area (Å²) < 4.78 is 37.2. The van der Waals surface area contributed by atoms with E-state index in [9.17, 15) is 18.0 Å². The minimum Gasteiger partial charge on any atom is -0.351 e. The van der Waals surface area contributed by atoms with Crippen LogP contribution >= 0.6 is 0 Å². The van der Waals surface area contributed by atoms with Crippen molar-refractivity contribution in [3.8, 4) is 0 Å². The van der Waals surface area contributed by atoms with E-state index in [1.165, 1.54) is 12.1 Å². The quantitative estimate of drug-likeness (QED) is 0.328. The number of nitrogens with one attached hydrogen (secondary N) is 1. The van der Waals surface area contributed by atoms with Gasteiger partial charge in [-0.1, -0.05) is 66.5 Å². The van der Waals surface area contributed by atoms with Crippen LogP contribution in [0, 0.1) is 11.3 Å². The number of carbonyl (C=O) groups is 1. The zero-order chi connectivity index (χ0) is 28.2. The maximum atomic E-state index is 12.8. The lowest BCUT2D eigenvalue weighted by Crippen LogP contribution is -2.50. The molecule has 36 heavy (non-hydrogen) atoms. The molecule has 0 radical (unpaired) electrons. The highest BCUT2D eigenvalue weighted by atomic mass is 19.4. The highest BCUT2D eigenvalue weighted by molar-refractivity contribution is 5.83. The summed E-state index contributed by atoms with van der Waals surface area (Å²) in [5.41, 5.74) is 0.971. The van der Waals surface area contributed by atoms with Crippen molar-refractivity contribution in [1.29, 1.82) is 0 Å². The lowest BCUT2D eigenvalue weighted by molar-refractivity contribution is -0.137. The number of alkyl halides is 3. The summed E-state index contributed by atoms with van der Waals surface area (Å²) in [4.78, 5) is 12.8. The highest BCUT2D eigenvalue weighted by Crippen LogP contribution is 2.40. The van der Waals surface area contributed by atoms with Crippen LogP contribution in [0.3, 0.4) is 0 Å². The Balaban J connectivity index is 0.000000665. The van der Waals surface area contributed by atoms with Crippen LogP contribution in [-0.2, 0) is 17.4 Å². The first-order valence-electron chi connectivity index (χ1n) is 13.8. The number of carbonyl (C=O) groups excluding carboxylic acids is 1. The monoisotopic (exact) mass is 511 g/mol. The fourth-order valence-corrected chi connectivity index (χ4v) is 4.85. The third kappa shape index (κ3) is 10.7. The average Bonchev–Trinajstić information content (AvgIpc) is 3.17. The Morgan fingerprint density at radius 1 is 1.11 bits per heavy atom. The number of benzene rings is 1. The normalized spacial score (nSPS) is 16.6. The van der Waals surface area contributed by atoms with E-state index in [1.54, 1.807) is 6.07 Å². The summed E-state index contributed by atoms with van der Waals surface area (Å²) in [6.45, 7) is 22.5. The molecule has 0 saturated carbocycles. The number of allylic oxidation sites excluding steroid dienone is 1. The van der Waals surface area contributed by atoms with Gasteiger partial charge in [0.15, 0.2) is 0 Å². The molecule has 0 saturated heterocycles. The number of aryl methyl sites for hydroxylation is 1. The van der Waals surface area contributed by atoms with Gasteiger partial charge < -0.3 is 5.32 Å². The second-order valence-electron chi connectivity index (χ2n) is 11.1. The SMILES string of the molecule is C=CCCC(C)(C(=O)NC(C)(C)C)C(CCC)CCC.CC.CC1CCc2ccc(C(F)(F)F)cc21. The first-order valence-corrected chi connectivity index (χ1v) is 13.8. The van der Waals surface area contributed by atoms with E-state index in [0.717, 1.165) is 62.5 Å². The molecule has 1 aliphatic rings. The second kappa shape index (κ2) is 15.5. The number of amides is 1. The van der Waals surface area contributed by atoms with Crippen molar-refractivity contribution < 1.29 is 18.0 Å². The van der Waals surface area contributed by atoms with Gasteiger partial charge in [0, 0.05) is 11.0 Å². The predicted molar refractivity (Wildman–Crippen MR) is 148 cm³/mol. The smallest absolute Gasteiger partial charge is 0.351 e. The summed E-state index contributed by atoms with van der Waals surface area (Å²) in [7, 11) is 0. The van der Waals surface area contributed by atoms with E-state index in [0.29, 0.717) is 5.92 Å². The molecule has 0 aliphatic heterocycles. The summed E-state index contributed by atoms with van der Waals surface area (Å²) in [5, 5.41) is 3.19. The lowest BCUT2D eigenvalue weighted by atomic mass is 9.69. The summed E-state index contributed by atoms with van der Waals surface area (Å²) in [6.07, 6.45) is 5.91. The molecule has 1 N–H and O–H groups in total. The van der Waals surface area contributed by atoms with Crippen molar-refractivity contribution in [1.82, 2.24) is 5.32 Å². The fourth-order valence-electron chi connectivity index (χ4n) is 4.85. The first kappa shape index (κ1) is 34.2. The van der Waals surface area contributed by atoms with E-state index >= 15 is 0 Å². The largest absolute Gasteiger partial charge is 0.416 e. The van der Waals surface area contributed by atoms with Gasteiger partial charge in [-0.25, -0.2) is 0 Å². The van der Waals surface area contributed by atoms with Gasteiger partial charge in [0.2, 0.25) is 5.91 Å². The van der Waals surface area contributed by atoms with Gasteiger partial charge in [-0.2, -0.15) is 13.2 Å². The summed E-state index contributed by atoms with van der Waals surface area (Å²) in [5.74, 6) is 0.936. The number of fused-ring (bicyclic) bond motifs is 1. The molecule has 1 amide bonds. The summed E-state index contributed by atoms with van der Waals surface area (Å²) >= 11 is 0. The molecular weight excluding hydrogens is 459 g/mol. The van der Waals surface area contributed by atoms with Gasteiger partial charge in [0.1, 0.15) is 0 Å². The molecule has 1 aliphatic carbocycles. The third-order valence-corrected chi connectivity index (χ3v) is 6.90. The van der Waals surface area contributed by atoms with Gasteiger partial charge in [-0.3, -0.25) is 4.79 Å². The van der Waals surface area contributed by atoms with Gasteiger partial charge in [0.05, 0.1) is 5.56 Å². The molecule has 1 aromatic carbocycles. The van der Waals surface area contributed by atoms with Crippen LogP contribution in [0.15, 0.2) is 30.9 Å². The van der Waals surface area contributed by atoms with Gasteiger partial charge >= 0.3 is 6.18 Å². The van der Waals surface area contributed by atoms with Gasteiger partial charge in [-0.15, -0.1) is 6.58 Å². The molecule has 2 atom stereocenters. The maximum Gasteiger partial charge on any atom is 0.416 e. The van der Waals surface area contributed by atoms with E-state index in [-0.39, 0.29) is 22.8 Å². The molecule has 0 fully saturated rings. The molecule has 5 heteroatoms. The molecule has 0 spiro atoms. The van der Waals surface area contributed by atoms with Gasteiger partial charge in [-0.05, 0) is 94.4 Å². The number of rotatable bonds is 9. The maximum absolute atomic E-state index is 12.8. The molecule has 2 rings (SSSR count). The Kier molecular flexibility index (Phi) is 14.7. The minimum absolute atomic E-state index is 0.171. The van der Waals surface area contributed by atoms with E-state index < -0.39 is 11.7 Å². The van der Waals surface area contributed by atoms with Crippen molar-refractivity contribution in [2.75, 3.05) is 0 Å². The number of hydrogen-bond acceptors (Lipinski definition) is 1. The van der Waals surface area contributed by atoms with E-state index in [2.05, 4.69) is 32.7 Å². The van der Waals surface area contributed by atoms with Crippen molar-refractivity contribution in [3.05, 3.63) is 47.5 Å². The molecule has 208 valence electrons. The summed E-state index contributed by atoms with van der Waals surface area (Å²) in [6, 6.07) is 4.09. The Bertz CT molecular complexity index is 788. The van der Waals surface area contributed by atoms with Crippen LogP contribution in [0.2, 0.25) is 0 Å². The third-order valence-electron chi connectivity index (χ3n) is 6.90. The Morgan fingerprint density at radius 2 is 1.67 bits per heavy atom. The first-order chi connectivity index (χ1) is 16.7. The van der Waals surface area contributed by atoms with Gasteiger partial charge in [0.25, 0.3) is 0 Å². The van der Waals surface area contributed by atoms with Crippen LogP contribution in [0.5, 0.6) is 0 Å². The fraction of sp³-hybridized carbons (Fsp3) is 0.710. The predicted octanol–water partition coefficient (Wildman–Crippen LogP) is 9.87. The molecule has 2 nitrogen and oxygen atoms in total. The van der Waals surface area contributed by atoms with Crippen molar-refractivity contribution in [2.24, 2.45) is 11.3 Å². The van der Waals surface area contributed by atoms with Crippen LogP contribution in [0.25, 0.3) is 0 Å². The Morgan fingerprint density at radius 3 is 2.11 bits per heavy atom. The number of halogens is 3. The second-order valence-corrected chi connectivity index (χ2v) is 11.1. The topological polar surface area (TPSA) is 29.1 Å². The highest BCUT2D eigenvalue weighted by Gasteiger charge is 2.40. The molecule has 2 unspecified atom stereocenters. The van der Waals surface area contributed by atoms with Crippen molar-refractivity contribution in [3.63, 3.8) is 0 Å². The molecule has 1 aromatic rings. The zero-order valence-electron chi connectivity index (χ0n) is 24.4. The molecule has 0 heterocycles. The van der Waals surface area contributed by atoms with E-state index in [1.807, 2.05) is 47.6 Å². The Hall–Kier alpha value is -1.78. The molecule has 0 bridgehead atoms. The minimum atomic E-state index is -4.21. The van der Waals surface area contributed by atoms with Crippen LogP contribution in [0.4, 0.5) is 13.2 Å². The molecular formula is C31H52F3NO. The van der Waals surface area contributed by atoms with Crippen molar-refractivity contribution in [2.45, 2.75) is 131 Å². The van der Waals surface area contributed by atoms with Crippen LogP contribution < -0.4 is 5.32 Å². The standard InChI is InChI=1S/C18H35NO.C11H11F3.C2H6/c1-8-11-14-18(7,15(12-9-2)13-10-3)16(20)19-17(4,5)6;1-7-2-3-8-4-5-9(6-10(7)8)11(12,13)14;1-2/h8,15H,1,9-14H2,2-7H3,(H,19,20);4-7H,2-3H2,1H3;1-2H3. The Labute approximate surface area is 219 Å². The average molecular weight is 512 g/mol. The molecule has 0 aromatic heterocycles.